The number of hydrogen-bond acceptors (Lipinski definition) is 5. The van der Waals surface area contributed by atoms with Gasteiger partial charge in [0.25, 0.3) is 5.91 Å². The van der Waals surface area contributed by atoms with Gasteiger partial charge in [0, 0.05) is 21.6 Å². The first-order valence-corrected chi connectivity index (χ1v) is 9.81. The highest BCUT2D eigenvalue weighted by Gasteiger charge is 2.13. The molecule has 0 aliphatic heterocycles. The lowest BCUT2D eigenvalue weighted by Gasteiger charge is -2.05. The number of amides is 1. The number of aryl methyl sites for hydroxylation is 2. The fourth-order valence-electron chi connectivity index (χ4n) is 2.87. The molecule has 0 radical (unpaired) electrons. The number of thiophene rings is 1. The minimum absolute atomic E-state index is 0.106. The van der Waals surface area contributed by atoms with Crippen molar-refractivity contribution in [2.45, 2.75) is 20.4 Å². The summed E-state index contributed by atoms with van der Waals surface area (Å²) in [6.07, 6.45) is 0. The van der Waals surface area contributed by atoms with Crippen molar-refractivity contribution in [2.75, 3.05) is 0 Å². The molecule has 0 unspecified atom stereocenters. The first kappa shape index (κ1) is 18.1. The molecule has 6 heteroatoms. The van der Waals surface area contributed by atoms with Crippen LogP contribution in [-0.2, 0) is 6.54 Å². The predicted molar refractivity (Wildman–Crippen MR) is 110 cm³/mol. The van der Waals surface area contributed by atoms with E-state index in [0.717, 1.165) is 16.7 Å². The normalized spacial score (nSPS) is 10.8. The summed E-state index contributed by atoms with van der Waals surface area (Å²) < 4.78 is 5.83. The zero-order valence-corrected chi connectivity index (χ0v) is 16.4. The maximum Gasteiger partial charge on any atom is 0.251 e. The van der Waals surface area contributed by atoms with E-state index < -0.39 is 0 Å². The SMILES string of the molecule is Cc1ccccc1-c1nnc(-c2ccc(C(=O)NCc3sccc3C)cc2)o1. The average molecular weight is 389 g/mol. The maximum absolute atomic E-state index is 12.4. The van der Waals surface area contributed by atoms with Crippen molar-refractivity contribution in [1.29, 1.82) is 0 Å². The molecule has 4 rings (SSSR count). The minimum Gasteiger partial charge on any atom is -0.416 e. The molecule has 0 atom stereocenters. The molecule has 140 valence electrons. The fraction of sp³-hybridized carbons (Fsp3) is 0.136. The lowest BCUT2D eigenvalue weighted by Crippen LogP contribution is -2.22. The van der Waals surface area contributed by atoms with Crippen molar-refractivity contribution >= 4 is 17.2 Å². The Morgan fingerprint density at radius 3 is 2.43 bits per heavy atom. The first-order chi connectivity index (χ1) is 13.6. The molecular formula is C22H19N3O2S. The molecule has 0 aliphatic rings. The van der Waals surface area contributed by atoms with Crippen LogP contribution in [0.5, 0.6) is 0 Å². The molecule has 4 aromatic rings. The van der Waals surface area contributed by atoms with Gasteiger partial charge in [0.05, 0.1) is 6.54 Å². The number of carbonyl (C=O) groups excluding carboxylic acids is 1. The molecule has 0 saturated carbocycles. The smallest absolute Gasteiger partial charge is 0.251 e. The van der Waals surface area contributed by atoms with Gasteiger partial charge in [-0.2, -0.15) is 0 Å². The molecule has 0 saturated heterocycles. The Morgan fingerprint density at radius 2 is 1.71 bits per heavy atom. The van der Waals surface area contributed by atoms with Crippen molar-refractivity contribution < 1.29 is 9.21 Å². The van der Waals surface area contributed by atoms with Crippen molar-refractivity contribution in [3.63, 3.8) is 0 Å². The standard InChI is InChI=1S/C22H19N3O2S/c1-14-5-3-4-6-18(14)22-25-24-21(27-22)17-9-7-16(8-10-17)20(26)23-13-19-15(2)11-12-28-19/h3-12H,13H2,1-2H3,(H,23,26). The number of nitrogens with one attached hydrogen (secondary N) is 1. The highest BCUT2D eigenvalue weighted by Crippen LogP contribution is 2.26. The summed E-state index contributed by atoms with van der Waals surface area (Å²) in [4.78, 5) is 13.5. The molecule has 0 spiro atoms. The Balaban J connectivity index is 1.47. The van der Waals surface area contributed by atoms with Gasteiger partial charge in [-0.15, -0.1) is 21.5 Å². The monoisotopic (exact) mass is 389 g/mol. The van der Waals surface area contributed by atoms with Crippen LogP contribution in [0.25, 0.3) is 22.9 Å². The van der Waals surface area contributed by atoms with E-state index in [1.807, 2.05) is 55.6 Å². The average Bonchev–Trinajstić information content (AvgIpc) is 3.36. The third kappa shape index (κ3) is 3.73. The second-order valence-electron chi connectivity index (χ2n) is 6.51. The third-order valence-corrected chi connectivity index (χ3v) is 5.60. The van der Waals surface area contributed by atoms with E-state index in [2.05, 4.69) is 21.6 Å². The molecule has 0 fully saturated rings. The van der Waals surface area contributed by atoms with Crippen molar-refractivity contribution in [3.8, 4) is 22.9 Å². The van der Waals surface area contributed by atoms with Crippen molar-refractivity contribution in [1.82, 2.24) is 15.5 Å². The fourth-order valence-corrected chi connectivity index (χ4v) is 3.72. The second-order valence-corrected chi connectivity index (χ2v) is 7.51. The molecule has 5 nitrogen and oxygen atoms in total. The largest absolute Gasteiger partial charge is 0.416 e. The number of rotatable bonds is 5. The topological polar surface area (TPSA) is 68.0 Å². The van der Waals surface area contributed by atoms with Crippen LogP contribution in [-0.4, -0.2) is 16.1 Å². The zero-order chi connectivity index (χ0) is 19.5. The summed E-state index contributed by atoms with van der Waals surface area (Å²) in [5, 5.41) is 13.3. The Kier molecular flexibility index (Phi) is 5.04. The summed E-state index contributed by atoms with van der Waals surface area (Å²) in [6.45, 7) is 4.58. The number of nitrogens with zero attached hydrogens (tertiary/aromatic N) is 2. The van der Waals surface area contributed by atoms with Gasteiger partial charge in [-0.1, -0.05) is 18.2 Å². The van der Waals surface area contributed by atoms with E-state index in [-0.39, 0.29) is 5.91 Å². The summed E-state index contributed by atoms with van der Waals surface area (Å²) >= 11 is 1.65. The number of hydrogen-bond donors (Lipinski definition) is 1. The van der Waals surface area contributed by atoms with E-state index >= 15 is 0 Å². The van der Waals surface area contributed by atoms with Crippen molar-refractivity contribution in [2.24, 2.45) is 0 Å². The van der Waals surface area contributed by atoms with E-state index in [1.54, 1.807) is 23.5 Å². The molecule has 0 aliphatic carbocycles. The minimum atomic E-state index is -0.106. The van der Waals surface area contributed by atoms with E-state index in [9.17, 15) is 4.79 Å². The molecule has 2 heterocycles. The molecule has 0 bridgehead atoms. The highest BCUT2D eigenvalue weighted by atomic mass is 32.1. The highest BCUT2D eigenvalue weighted by molar-refractivity contribution is 7.10. The van der Waals surface area contributed by atoms with Gasteiger partial charge in [-0.3, -0.25) is 4.79 Å². The zero-order valence-electron chi connectivity index (χ0n) is 15.6. The van der Waals surface area contributed by atoms with Crippen LogP contribution < -0.4 is 5.32 Å². The lowest BCUT2D eigenvalue weighted by molar-refractivity contribution is 0.0951. The van der Waals surface area contributed by atoms with Gasteiger partial charge in [-0.05, 0) is 66.8 Å². The molecule has 1 amide bonds. The van der Waals surface area contributed by atoms with Gasteiger partial charge in [-0.25, -0.2) is 0 Å². The second kappa shape index (κ2) is 7.78. The Bertz CT molecular complexity index is 1110. The number of aromatic nitrogens is 2. The lowest BCUT2D eigenvalue weighted by atomic mass is 10.1. The third-order valence-electron chi connectivity index (χ3n) is 4.57. The van der Waals surface area contributed by atoms with Crippen molar-refractivity contribution in [3.05, 3.63) is 81.5 Å². The Hall–Kier alpha value is -3.25. The molecular weight excluding hydrogens is 370 g/mol. The van der Waals surface area contributed by atoms with E-state index in [4.69, 9.17) is 4.42 Å². The predicted octanol–water partition coefficient (Wildman–Crippen LogP) is 5.01. The van der Waals surface area contributed by atoms with E-state index in [1.165, 1.54) is 10.4 Å². The van der Waals surface area contributed by atoms with Gasteiger partial charge in [0.1, 0.15) is 0 Å². The van der Waals surface area contributed by atoms with Crippen LogP contribution in [0.2, 0.25) is 0 Å². The summed E-state index contributed by atoms with van der Waals surface area (Å²) in [5.41, 5.74) is 4.56. The summed E-state index contributed by atoms with van der Waals surface area (Å²) in [7, 11) is 0. The Morgan fingerprint density at radius 1 is 0.964 bits per heavy atom. The molecule has 2 aromatic heterocycles. The molecule has 28 heavy (non-hydrogen) atoms. The Labute approximate surface area is 167 Å². The van der Waals surface area contributed by atoms with Crippen LogP contribution in [0.1, 0.15) is 26.4 Å². The maximum atomic E-state index is 12.4. The quantitative estimate of drug-likeness (QED) is 0.521. The number of benzene rings is 2. The van der Waals surface area contributed by atoms with Crippen LogP contribution in [0, 0.1) is 13.8 Å². The van der Waals surface area contributed by atoms with Crippen LogP contribution in [0.4, 0.5) is 0 Å². The van der Waals surface area contributed by atoms with Crippen LogP contribution >= 0.6 is 11.3 Å². The van der Waals surface area contributed by atoms with E-state index in [0.29, 0.717) is 23.9 Å². The number of carbonyl (C=O) groups is 1. The van der Waals surface area contributed by atoms with Gasteiger partial charge in [0.15, 0.2) is 0 Å². The van der Waals surface area contributed by atoms with Gasteiger partial charge in [0.2, 0.25) is 11.8 Å². The first-order valence-electron chi connectivity index (χ1n) is 8.93. The molecule has 1 N–H and O–H groups in total. The van der Waals surface area contributed by atoms with Crippen LogP contribution in [0.15, 0.2) is 64.4 Å². The van der Waals surface area contributed by atoms with Gasteiger partial charge >= 0.3 is 0 Å². The van der Waals surface area contributed by atoms with Crippen LogP contribution in [0.3, 0.4) is 0 Å². The summed E-state index contributed by atoms with van der Waals surface area (Å²) in [6, 6.07) is 17.1. The summed E-state index contributed by atoms with van der Waals surface area (Å²) in [5.74, 6) is 0.811. The molecule has 2 aromatic carbocycles. The van der Waals surface area contributed by atoms with Gasteiger partial charge < -0.3 is 9.73 Å².